The van der Waals surface area contributed by atoms with Crippen LogP contribution in [-0.2, 0) is 4.74 Å². The first kappa shape index (κ1) is 8.26. The first-order valence-corrected chi connectivity index (χ1v) is 4.17. The number of ether oxygens (including phenoxy) is 1. The first-order valence-electron chi connectivity index (χ1n) is 4.17. The van der Waals surface area contributed by atoms with Crippen LogP contribution in [-0.4, -0.2) is 11.0 Å². The maximum absolute atomic E-state index is 9.52. The summed E-state index contributed by atoms with van der Waals surface area (Å²) in [5.41, 5.74) is 2.66. The fraction of sp³-hybridized carbons (Fsp3) is 0.300. The lowest BCUT2D eigenvalue weighted by atomic mass is 10.1. The minimum absolute atomic E-state index is 0.505. The molecule has 68 valence electrons. The van der Waals surface area contributed by atoms with E-state index in [1.54, 1.807) is 6.92 Å². The van der Waals surface area contributed by atoms with Crippen molar-refractivity contribution in [2.45, 2.75) is 20.1 Å². The van der Waals surface area contributed by atoms with Crippen LogP contribution in [0.5, 0.6) is 0 Å². The number of aliphatic hydroxyl groups is 1. The monoisotopic (exact) mass is 177 g/mol. The highest BCUT2D eigenvalue weighted by Gasteiger charge is 2.18. The molecule has 3 heteroatoms. The number of fused-ring (bicyclic) bond motifs is 1. The van der Waals surface area contributed by atoms with Crippen molar-refractivity contribution in [2.24, 2.45) is 4.99 Å². The molecule has 1 atom stereocenters. The molecule has 13 heavy (non-hydrogen) atoms. The summed E-state index contributed by atoms with van der Waals surface area (Å²) < 4.78 is 5.06. The van der Waals surface area contributed by atoms with Gasteiger partial charge in [-0.15, -0.1) is 0 Å². The van der Waals surface area contributed by atoms with Crippen molar-refractivity contribution < 1.29 is 9.84 Å². The Hall–Kier alpha value is -1.35. The molecule has 0 bridgehead atoms. The molecule has 0 saturated heterocycles. The molecule has 1 aliphatic rings. The van der Waals surface area contributed by atoms with Gasteiger partial charge in [-0.1, -0.05) is 12.1 Å². The molecule has 2 rings (SSSR count). The van der Waals surface area contributed by atoms with E-state index in [9.17, 15) is 5.11 Å². The Morgan fingerprint density at radius 3 is 2.92 bits per heavy atom. The number of nitrogens with zero attached hydrogens (tertiary/aromatic N) is 1. The third-order valence-electron chi connectivity index (χ3n) is 2.01. The summed E-state index contributed by atoms with van der Waals surface area (Å²) in [5.74, 6) is 0.505. The van der Waals surface area contributed by atoms with E-state index < -0.39 is 6.29 Å². The Bertz CT molecular complexity index is 371. The van der Waals surface area contributed by atoms with Crippen molar-refractivity contribution in [3.8, 4) is 0 Å². The molecule has 0 amide bonds. The number of aliphatic imine (C=N–C) groups is 1. The van der Waals surface area contributed by atoms with Gasteiger partial charge in [0.1, 0.15) is 0 Å². The van der Waals surface area contributed by atoms with E-state index in [0.717, 1.165) is 16.8 Å². The van der Waals surface area contributed by atoms with Gasteiger partial charge in [-0.2, -0.15) is 0 Å². The zero-order valence-electron chi connectivity index (χ0n) is 7.61. The minimum atomic E-state index is -0.868. The van der Waals surface area contributed by atoms with E-state index in [4.69, 9.17) is 4.74 Å². The van der Waals surface area contributed by atoms with Gasteiger partial charge >= 0.3 is 0 Å². The molecule has 3 nitrogen and oxygen atoms in total. The predicted octanol–water partition coefficient (Wildman–Crippen LogP) is 2.07. The van der Waals surface area contributed by atoms with Crippen LogP contribution in [0.25, 0.3) is 0 Å². The summed E-state index contributed by atoms with van der Waals surface area (Å²) in [6.45, 7) is 3.72. The third-order valence-corrected chi connectivity index (χ3v) is 2.01. The van der Waals surface area contributed by atoms with E-state index >= 15 is 0 Å². The largest absolute Gasteiger partial charge is 0.448 e. The van der Waals surface area contributed by atoms with Gasteiger partial charge in [0.15, 0.2) is 5.90 Å². The Morgan fingerprint density at radius 2 is 2.15 bits per heavy atom. The molecule has 0 aliphatic carbocycles. The molecule has 1 N–H and O–H groups in total. The molecule has 1 aliphatic heterocycles. The number of aliphatic hydroxyl groups excluding tert-OH is 1. The van der Waals surface area contributed by atoms with Gasteiger partial charge < -0.3 is 9.84 Å². The molecule has 0 saturated carbocycles. The standard InChI is InChI=1S/C10H11NO2/c1-6-3-4-8-9(5-6)11-7(2)13-10(8)12/h3-5,10,12H,1-2H3. The number of hydrogen-bond donors (Lipinski definition) is 1. The second kappa shape index (κ2) is 2.85. The average Bonchev–Trinajstić information content (AvgIpc) is 2.02. The van der Waals surface area contributed by atoms with Gasteiger partial charge in [-0.3, -0.25) is 0 Å². The van der Waals surface area contributed by atoms with Crippen molar-refractivity contribution in [1.29, 1.82) is 0 Å². The van der Waals surface area contributed by atoms with E-state index in [2.05, 4.69) is 4.99 Å². The van der Waals surface area contributed by atoms with Gasteiger partial charge in [0, 0.05) is 12.5 Å². The van der Waals surface area contributed by atoms with Crippen LogP contribution in [0.1, 0.15) is 24.3 Å². The van der Waals surface area contributed by atoms with Gasteiger partial charge in [0.25, 0.3) is 0 Å². The van der Waals surface area contributed by atoms with Crippen LogP contribution in [0.4, 0.5) is 5.69 Å². The maximum atomic E-state index is 9.52. The Morgan fingerprint density at radius 1 is 1.38 bits per heavy atom. The zero-order chi connectivity index (χ0) is 9.42. The van der Waals surface area contributed by atoms with E-state index in [1.807, 2.05) is 25.1 Å². The molecule has 1 unspecified atom stereocenters. The molecular formula is C10H11NO2. The smallest absolute Gasteiger partial charge is 0.227 e. The lowest BCUT2D eigenvalue weighted by molar-refractivity contribution is -0.0328. The van der Waals surface area contributed by atoms with Gasteiger partial charge in [0.05, 0.1) is 5.69 Å². The molecule has 1 heterocycles. The van der Waals surface area contributed by atoms with Gasteiger partial charge in [-0.25, -0.2) is 4.99 Å². The fourth-order valence-corrected chi connectivity index (χ4v) is 1.38. The second-order valence-electron chi connectivity index (χ2n) is 3.16. The maximum Gasteiger partial charge on any atom is 0.227 e. The van der Waals surface area contributed by atoms with Crippen LogP contribution in [0, 0.1) is 6.92 Å². The normalized spacial score (nSPS) is 20.2. The average molecular weight is 177 g/mol. The van der Waals surface area contributed by atoms with Crippen molar-refractivity contribution in [2.75, 3.05) is 0 Å². The predicted molar refractivity (Wildman–Crippen MR) is 50.0 cm³/mol. The summed E-state index contributed by atoms with van der Waals surface area (Å²) in [7, 11) is 0. The van der Waals surface area contributed by atoms with Crippen molar-refractivity contribution in [3.63, 3.8) is 0 Å². The van der Waals surface area contributed by atoms with Gasteiger partial charge in [0.2, 0.25) is 6.29 Å². The molecule has 0 aromatic heterocycles. The van der Waals surface area contributed by atoms with E-state index in [-0.39, 0.29) is 0 Å². The Kier molecular flexibility index (Phi) is 1.81. The number of hydrogen-bond acceptors (Lipinski definition) is 3. The quantitative estimate of drug-likeness (QED) is 0.659. The number of rotatable bonds is 0. The number of benzene rings is 1. The Balaban J connectivity index is 2.56. The Labute approximate surface area is 76.7 Å². The molecule has 0 fully saturated rings. The highest BCUT2D eigenvalue weighted by Crippen LogP contribution is 2.31. The molecule has 0 spiro atoms. The summed E-state index contributed by atoms with van der Waals surface area (Å²) in [5, 5.41) is 9.52. The summed E-state index contributed by atoms with van der Waals surface area (Å²) in [4.78, 5) is 4.19. The molecular weight excluding hydrogens is 166 g/mol. The van der Waals surface area contributed by atoms with Crippen LogP contribution in [0.15, 0.2) is 23.2 Å². The highest BCUT2D eigenvalue weighted by atomic mass is 16.6. The summed E-state index contributed by atoms with van der Waals surface area (Å²) in [6.07, 6.45) is -0.868. The van der Waals surface area contributed by atoms with Gasteiger partial charge in [-0.05, 0) is 18.6 Å². The fourth-order valence-electron chi connectivity index (χ4n) is 1.38. The minimum Gasteiger partial charge on any atom is -0.448 e. The van der Waals surface area contributed by atoms with E-state index in [0.29, 0.717) is 5.90 Å². The van der Waals surface area contributed by atoms with Crippen molar-refractivity contribution in [3.05, 3.63) is 29.3 Å². The highest BCUT2D eigenvalue weighted by molar-refractivity contribution is 5.79. The molecule has 1 aromatic carbocycles. The van der Waals surface area contributed by atoms with Crippen LogP contribution in [0.2, 0.25) is 0 Å². The van der Waals surface area contributed by atoms with Crippen LogP contribution >= 0.6 is 0 Å². The zero-order valence-corrected chi connectivity index (χ0v) is 7.61. The SMILES string of the molecule is CC1=Nc2cc(C)ccc2C(O)O1. The van der Waals surface area contributed by atoms with Crippen molar-refractivity contribution in [1.82, 2.24) is 0 Å². The van der Waals surface area contributed by atoms with Crippen molar-refractivity contribution >= 4 is 11.6 Å². The third kappa shape index (κ3) is 1.42. The topological polar surface area (TPSA) is 41.8 Å². The van der Waals surface area contributed by atoms with Crippen LogP contribution < -0.4 is 0 Å². The van der Waals surface area contributed by atoms with E-state index in [1.165, 1.54) is 0 Å². The summed E-state index contributed by atoms with van der Waals surface area (Å²) in [6, 6.07) is 5.71. The lowest BCUT2D eigenvalue weighted by Crippen LogP contribution is -2.12. The molecule has 0 radical (unpaired) electrons. The van der Waals surface area contributed by atoms with Crippen LogP contribution in [0.3, 0.4) is 0 Å². The number of aryl methyl sites for hydroxylation is 1. The second-order valence-corrected chi connectivity index (χ2v) is 3.16. The summed E-state index contributed by atoms with van der Waals surface area (Å²) >= 11 is 0. The first-order chi connectivity index (χ1) is 6.16. The molecule has 1 aromatic rings. The lowest BCUT2D eigenvalue weighted by Gasteiger charge is -2.20.